The first-order chi connectivity index (χ1) is 9.70. The van der Waals surface area contributed by atoms with Crippen molar-refractivity contribution in [1.82, 2.24) is 14.9 Å². The van der Waals surface area contributed by atoms with Crippen molar-refractivity contribution in [1.29, 1.82) is 0 Å². The Morgan fingerprint density at radius 1 is 1.15 bits per heavy atom. The van der Waals surface area contributed by atoms with Gasteiger partial charge < -0.3 is 9.80 Å². The highest BCUT2D eigenvalue weighted by Gasteiger charge is 2.21. The van der Waals surface area contributed by atoms with Crippen LogP contribution in [-0.2, 0) is 4.79 Å². The van der Waals surface area contributed by atoms with Crippen molar-refractivity contribution >= 4 is 43.7 Å². The number of carbonyl (C=O) groups is 1. The summed E-state index contributed by atoms with van der Waals surface area (Å²) < 4.78 is 0.877. The maximum atomic E-state index is 12.0. The predicted molar refractivity (Wildman–Crippen MR) is 86.2 cm³/mol. The van der Waals surface area contributed by atoms with E-state index in [9.17, 15) is 4.79 Å². The molecule has 1 fully saturated rings. The van der Waals surface area contributed by atoms with Gasteiger partial charge in [0.1, 0.15) is 0 Å². The van der Waals surface area contributed by atoms with Gasteiger partial charge in [0.25, 0.3) is 0 Å². The Morgan fingerprint density at radius 3 is 2.40 bits per heavy atom. The highest BCUT2D eigenvalue weighted by atomic mass is 79.9. The smallest absolute Gasteiger partial charge is 0.225 e. The Kier molecular flexibility index (Phi) is 6.22. The van der Waals surface area contributed by atoms with Gasteiger partial charge in [0.2, 0.25) is 11.9 Å². The molecule has 0 aliphatic carbocycles. The lowest BCUT2D eigenvalue weighted by molar-refractivity contribution is -0.131. The van der Waals surface area contributed by atoms with Gasteiger partial charge in [0, 0.05) is 50.3 Å². The number of carbonyl (C=O) groups excluding carboxylic acids is 1. The first kappa shape index (κ1) is 15.7. The van der Waals surface area contributed by atoms with E-state index < -0.39 is 0 Å². The fourth-order valence-electron chi connectivity index (χ4n) is 2.15. The first-order valence-corrected chi connectivity index (χ1v) is 8.68. The Bertz CT molecular complexity index is 433. The molecule has 0 atom stereocenters. The number of hydrogen-bond donors (Lipinski definition) is 0. The molecule has 0 unspecified atom stereocenters. The molecular weight excluding hydrogens is 388 g/mol. The standard InChI is InChI=1S/C13H18Br2N4O/c14-4-2-1-3-12(20)18-5-7-19(8-6-18)13-16-9-11(15)10-17-13/h9-10H,1-8H2. The number of nitrogens with zero attached hydrogens (tertiary/aromatic N) is 4. The molecule has 0 aromatic carbocycles. The Morgan fingerprint density at radius 2 is 1.80 bits per heavy atom. The van der Waals surface area contributed by atoms with E-state index in [1.807, 2.05) is 4.90 Å². The van der Waals surface area contributed by atoms with Crippen molar-refractivity contribution in [3.8, 4) is 0 Å². The Balaban J connectivity index is 1.80. The van der Waals surface area contributed by atoms with E-state index >= 15 is 0 Å². The Hall–Kier alpha value is -0.690. The molecule has 1 aliphatic rings. The van der Waals surface area contributed by atoms with Gasteiger partial charge in [-0.05, 0) is 28.8 Å². The van der Waals surface area contributed by atoms with E-state index in [1.165, 1.54) is 0 Å². The fraction of sp³-hybridized carbons (Fsp3) is 0.615. The molecule has 5 nitrogen and oxygen atoms in total. The third kappa shape index (κ3) is 4.41. The lowest BCUT2D eigenvalue weighted by Gasteiger charge is -2.34. The number of unbranched alkanes of at least 4 members (excludes halogenated alkanes) is 1. The number of amides is 1. The molecule has 1 saturated heterocycles. The lowest BCUT2D eigenvalue weighted by Crippen LogP contribution is -2.49. The van der Waals surface area contributed by atoms with Crippen LogP contribution in [0.5, 0.6) is 0 Å². The summed E-state index contributed by atoms with van der Waals surface area (Å²) in [5.74, 6) is 1.00. The monoisotopic (exact) mass is 404 g/mol. The maximum Gasteiger partial charge on any atom is 0.225 e. The van der Waals surface area contributed by atoms with Crippen molar-refractivity contribution in [2.45, 2.75) is 19.3 Å². The van der Waals surface area contributed by atoms with E-state index in [1.54, 1.807) is 12.4 Å². The molecule has 1 aromatic heterocycles. The number of anilines is 1. The quantitative estimate of drug-likeness (QED) is 0.557. The maximum absolute atomic E-state index is 12.0. The number of halogens is 2. The molecule has 0 N–H and O–H groups in total. The third-order valence-electron chi connectivity index (χ3n) is 3.30. The molecule has 0 spiro atoms. The van der Waals surface area contributed by atoms with Gasteiger partial charge in [0.15, 0.2) is 0 Å². The van der Waals surface area contributed by atoms with Crippen LogP contribution in [0.25, 0.3) is 0 Å². The van der Waals surface area contributed by atoms with Gasteiger partial charge in [0.05, 0.1) is 4.47 Å². The molecule has 2 rings (SSSR count). The second-order valence-corrected chi connectivity index (χ2v) is 6.42. The van der Waals surface area contributed by atoms with Crippen LogP contribution in [0.1, 0.15) is 19.3 Å². The van der Waals surface area contributed by atoms with Gasteiger partial charge >= 0.3 is 0 Å². The third-order valence-corrected chi connectivity index (χ3v) is 4.27. The van der Waals surface area contributed by atoms with Crippen LogP contribution in [0.3, 0.4) is 0 Å². The van der Waals surface area contributed by atoms with Crippen LogP contribution in [0, 0.1) is 0 Å². The first-order valence-electron chi connectivity index (χ1n) is 6.77. The van der Waals surface area contributed by atoms with Crippen molar-refractivity contribution in [3.05, 3.63) is 16.9 Å². The second kappa shape index (κ2) is 7.93. The molecule has 0 saturated carbocycles. The normalized spacial score (nSPS) is 15.5. The zero-order valence-electron chi connectivity index (χ0n) is 11.3. The molecule has 110 valence electrons. The lowest BCUT2D eigenvalue weighted by atomic mass is 10.2. The summed E-state index contributed by atoms with van der Waals surface area (Å²) in [4.78, 5) is 24.7. The number of rotatable bonds is 5. The summed E-state index contributed by atoms with van der Waals surface area (Å²) in [5.41, 5.74) is 0. The minimum Gasteiger partial charge on any atom is -0.339 e. The van der Waals surface area contributed by atoms with Crippen LogP contribution in [0.2, 0.25) is 0 Å². The molecule has 7 heteroatoms. The largest absolute Gasteiger partial charge is 0.339 e. The van der Waals surface area contributed by atoms with Gasteiger partial charge in [-0.2, -0.15) is 0 Å². The molecule has 20 heavy (non-hydrogen) atoms. The molecular formula is C13H18Br2N4O. The molecule has 1 aliphatic heterocycles. The van der Waals surface area contributed by atoms with E-state index in [2.05, 4.69) is 46.7 Å². The van der Waals surface area contributed by atoms with Crippen LogP contribution < -0.4 is 4.90 Å². The number of hydrogen-bond acceptors (Lipinski definition) is 4. The van der Waals surface area contributed by atoms with Crippen molar-refractivity contribution < 1.29 is 4.79 Å². The molecule has 0 radical (unpaired) electrons. The SMILES string of the molecule is O=C(CCCCBr)N1CCN(c2ncc(Br)cn2)CC1. The highest BCUT2D eigenvalue weighted by molar-refractivity contribution is 9.10. The fourth-order valence-corrected chi connectivity index (χ4v) is 2.75. The molecule has 1 aromatic rings. The zero-order valence-corrected chi connectivity index (χ0v) is 14.4. The Labute approximate surface area is 136 Å². The minimum atomic E-state index is 0.266. The number of piperazine rings is 1. The van der Waals surface area contributed by atoms with Crippen molar-refractivity contribution in [2.24, 2.45) is 0 Å². The van der Waals surface area contributed by atoms with Crippen LogP contribution >= 0.6 is 31.9 Å². The number of aromatic nitrogens is 2. The second-order valence-electron chi connectivity index (χ2n) is 4.72. The van der Waals surface area contributed by atoms with Gasteiger partial charge in [-0.3, -0.25) is 4.79 Å². The van der Waals surface area contributed by atoms with Crippen LogP contribution in [0.4, 0.5) is 5.95 Å². The average molecular weight is 406 g/mol. The predicted octanol–water partition coefficient (Wildman–Crippen LogP) is 2.45. The van der Waals surface area contributed by atoms with E-state index in [0.717, 1.165) is 54.8 Å². The van der Waals surface area contributed by atoms with E-state index in [0.29, 0.717) is 6.42 Å². The van der Waals surface area contributed by atoms with E-state index in [4.69, 9.17) is 0 Å². The van der Waals surface area contributed by atoms with Crippen molar-refractivity contribution in [3.63, 3.8) is 0 Å². The van der Waals surface area contributed by atoms with E-state index in [-0.39, 0.29) is 5.91 Å². The summed E-state index contributed by atoms with van der Waals surface area (Å²) in [6.07, 6.45) is 6.17. The summed E-state index contributed by atoms with van der Waals surface area (Å²) in [6, 6.07) is 0. The minimum absolute atomic E-state index is 0.266. The van der Waals surface area contributed by atoms with Crippen molar-refractivity contribution in [2.75, 3.05) is 36.4 Å². The summed E-state index contributed by atoms with van der Waals surface area (Å²) in [7, 11) is 0. The number of alkyl halides is 1. The van der Waals surface area contributed by atoms with Gasteiger partial charge in [-0.25, -0.2) is 9.97 Å². The van der Waals surface area contributed by atoms with Crippen LogP contribution in [-0.4, -0.2) is 52.3 Å². The average Bonchev–Trinajstić information content (AvgIpc) is 2.48. The zero-order chi connectivity index (χ0) is 14.4. The highest BCUT2D eigenvalue weighted by Crippen LogP contribution is 2.14. The molecule has 0 bridgehead atoms. The van der Waals surface area contributed by atoms with Crippen LogP contribution in [0.15, 0.2) is 16.9 Å². The topological polar surface area (TPSA) is 49.3 Å². The summed E-state index contributed by atoms with van der Waals surface area (Å²) in [6.45, 7) is 3.11. The molecule has 1 amide bonds. The van der Waals surface area contributed by atoms with Gasteiger partial charge in [-0.1, -0.05) is 15.9 Å². The van der Waals surface area contributed by atoms with Gasteiger partial charge in [-0.15, -0.1) is 0 Å². The molecule has 2 heterocycles. The summed E-state index contributed by atoms with van der Waals surface area (Å²) in [5, 5.41) is 0.967. The summed E-state index contributed by atoms with van der Waals surface area (Å²) >= 11 is 6.71.